The Bertz CT molecular complexity index is 518. The lowest BCUT2D eigenvalue weighted by atomic mass is 10.2. The van der Waals surface area contributed by atoms with E-state index < -0.39 is 24.4 Å². The number of carbonyl (C=O) groups excluding carboxylic acids is 3. The minimum Gasteiger partial charge on any atom is -0.452 e. The van der Waals surface area contributed by atoms with Gasteiger partial charge in [0.1, 0.15) is 0 Å². The fraction of sp³-hybridized carbons (Fsp3) is 0.308. The topological polar surface area (TPSA) is 117 Å². The van der Waals surface area contributed by atoms with Crippen LogP contribution in [0.15, 0.2) is 24.3 Å². The summed E-state index contributed by atoms with van der Waals surface area (Å²) in [6.45, 7) is 0.915. The molecule has 114 valence electrons. The second kappa shape index (κ2) is 8.54. The molecule has 1 aromatic carbocycles. The first-order chi connectivity index (χ1) is 10.0. The number of anilines is 1. The van der Waals surface area contributed by atoms with Gasteiger partial charge in [0.05, 0.1) is 12.2 Å². The highest BCUT2D eigenvalue weighted by molar-refractivity contribution is 5.96. The average Bonchev–Trinajstić information content (AvgIpc) is 2.48. The van der Waals surface area contributed by atoms with Crippen molar-refractivity contribution in [1.29, 1.82) is 0 Å². The van der Waals surface area contributed by atoms with Gasteiger partial charge in [-0.15, -0.1) is 0 Å². The van der Waals surface area contributed by atoms with Crippen molar-refractivity contribution in [2.24, 2.45) is 0 Å². The van der Waals surface area contributed by atoms with Gasteiger partial charge in [0.2, 0.25) is 5.91 Å². The highest BCUT2D eigenvalue weighted by atomic mass is 16.5. The van der Waals surface area contributed by atoms with Crippen molar-refractivity contribution in [3.8, 4) is 0 Å². The van der Waals surface area contributed by atoms with Crippen LogP contribution in [0.25, 0.3) is 0 Å². The first-order valence-electron chi connectivity index (χ1n) is 6.21. The lowest BCUT2D eigenvalue weighted by Crippen LogP contribution is -2.42. The summed E-state index contributed by atoms with van der Waals surface area (Å²) in [6.07, 6.45) is 0. The number of rotatable bonds is 6. The number of hydrogen-bond acceptors (Lipinski definition) is 6. The minimum atomic E-state index is -0.686. The van der Waals surface area contributed by atoms with Crippen molar-refractivity contribution < 1.29 is 24.2 Å². The molecule has 2 amide bonds. The molecule has 0 aromatic heterocycles. The van der Waals surface area contributed by atoms with Crippen LogP contribution in [0.3, 0.4) is 0 Å². The van der Waals surface area contributed by atoms with Gasteiger partial charge in [-0.05, 0) is 12.1 Å². The zero-order valence-electron chi connectivity index (χ0n) is 11.5. The van der Waals surface area contributed by atoms with Crippen molar-refractivity contribution in [1.82, 2.24) is 10.9 Å². The summed E-state index contributed by atoms with van der Waals surface area (Å²) in [5.41, 5.74) is 4.90. The molecule has 0 unspecified atom stereocenters. The Hall–Kier alpha value is -2.61. The number of benzene rings is 1. The van der Waals surface area contributed by atoms with Crippen LogP contribution < -0.4 is 16.2 Å². The van der Waals surface area contributed by atoms with E-state index in [2.05, 4.69) is 16.2 Å². The smallest absolute Gasteiger partial charge is 0.340 e. The largest absolute Gasteiger partial charge is 0.452 e. The normalized spacial score (nSPS) is 9.62. The van der Waals surface area contributed by atoms with Crippen LogP contribution in [0.4, 0.5) is 5.69 Å². The molecule has 0 aliphatic heterocycles. The minimum absolute atomic E-state index is 0.0808. The predicted octanol–water partition coefficient (Wildman–Crippen LogP) is -0.585. The van der Waals surface area contributed by atoms with E-state index >= 15 is 0 Å². The van der Waals surface area contributed by atoms with Gasteiger partial charge >= 0.3 is 5.97 Å². The number of hydrazine groups is 1. The molecule has 0 atom stereocenters. The van der Waals surface area contributed by atoms with Gasteiger partial charge in [-0.3, -0.25) is 20.4 Å². The zero-order valence-corrected chi connectivity index (χ0v) is 11.5. The number of hydrogen-bond donors (Lipinski definition) is 4. The molecule has 0 fully saturated rings. The van der Waals surface area contributed by atoms with Gasteiger partial charge in [0, 0.05) is 19.2 Å². The van der Waals surface area contributed by atoms with E-state index in [1.54, 1.807) is 18.2 Å². The fourth-order valence-electron chi connectivity index (χ4n) is 1.41. The third-order valence-corrected chi connectivity index (χ3v) is 2.29. The van der Waals surface area contributed by atoms with Gasteiger partial charge in [-0.2, -0.15) is 0 Å². The molecule has 0 bridgehead atoms. The van der Waals surface area contributed by atoms with E-state index in [-0.39, 0.29) is 18.7 Å². The van der Waals surface area contributed by atoms with Crippen LogP contribution in [0.5, 0.6) is 0 Å². The molecule has 8 nitrogen and oxygen atoms in total. The quantitative estimate of drug-likeness (QED) is 0.412. The number of aliphatic hydroxyl groups excluding tert-OH is 1. The number of amides is 2. The van der Waals surface area contributed by atoms with E-state index in [0.29, 0.717) is 5.69 Å². The molecule has 1 rings (SSSR count). The van der Waals surface area contributed by atoms with Crippen LogP contribution >= 0.6 is 0 Å². The molecule has 0 radical (unpaired) electrons. The Kier molecular flexibility index (Phi) is 6.69. The van der Waals surface area contributed by atoms with E-state index in [1.807, 2.05) is 0 Å². The molecule has 1 aromatic rings. The van der Waals surface area contributed by atoms with Gasteiger partial charge in [0.15, 0.2) is 6.61 Å². The van der Waals surface area contributed by atoms with Crippen LogP contribution in [0.2, 0.25) is 0 Å². The van der Waals surface area contributed by atoms with Crippen LogP contribution in [0.1, 0.15) is 17.3 Å². The third kappa shape index (κ3) is 5.91. The molecule has 0 heterocycles. The van der Waals surface area contributed by atoms with Crippen LogP contribution in [-0.2, 0) is 14.3 Å². The Morgan fingerprint density at radius 3 is 2.57 bits per heavy atom. The van der Waals surface area contributed by atoms with Crippen molar-refractivity contribution in [2.45, 2.75) is 6.92 Å². The summed E-state index contributed by atoms with van der Waals surface area (Å²) in [5, 5.41) is 11.6. The van der Waals surface area contributed by atoms with Gasteiger partial charge in [0.25, 0.3) is 5.91 Å². The Morgan fingerprint density at radius 2 is 1.90 bits per heavy atom. The number of nitrogens with one attached hydrogen (secondary N) is 3. The second-order valence-electron chi connectivity index (χ2n) is 4.00. The van der Waals surface area contributed by atoms with E-state index in [4.69, 9.17) is 9.84 Å². The fourth-order valence-corrected chi connectivity index (χ4v) is 1.41. The van der Waals surface area contributed by atoms with Crippen molar-refractivity contribution >= 4 is 23.5 Å². The zero-order chi connectivity index (χ0) is 15.7. The molecule has 0 aliphatic rings. The molecule has 21 heavy (non-hydrogen) atoms. The molecular weight excluding hydrogens is 278 g/mol. The number of aliphatic hydroxyl groups is 1. The van der Waals surface area contributed by atoms with Crippen LogP contribution in [0, 0.1) is 0 Å². The standard InChI is InChI=1S/C13H17N3O5/c1-9(18)15-16-12(19)8-21-13(20)10-4-2-3-5-11(10)14-6-7-17/h2-5,14,17H,6-8H2,1H3,(H,15,18)(H,16,19). The highest BCUT2D eigenvalue weighted by Crippen LogP contribution is 2.15. The second-order valence-corrected chi connectivity index (χ2v) is 4.00. The Balaban J connectivity index is 2.55. The van der Waals surface area contributed by atoms with Gasteiger partial charge < -0.3 is 15.2 Å². The summed E-state index contributed by atoms with van der Waals surface area (Å²) in [5.74, 6) is -1.78. The number of carbonyl (C=O) groups is 3. The lowest BCUT2D eigenvalue weighted by molar-refractivity contribution is -0.129. The van der Waals surface area contributed by atoms with Crippen molar-refractivity contribution in [2.75, 3.05) is 25.1 Å². The van der Waals surface area contributed by atoms with Gasteiger partial charge in [-0.25, -0.2) is 4.79 Å². The summed E-state index contributed by atoms with van der Waals surface area (Å²) in [6, 6.07) is 6.56. The average molecular weight is 295 g/mol. The lowest BCUT2D eigenvalue weighted by Gasteiger charge is -2.11. The summed E-state index contributed by atoms with van der Waals surface area (Å²) in [4.78, 5) is 33.8. The first-order valence-corrected chi connectivity index (χ1v) is 6.21. The molecule has 0 saturated heterocycles. The van der Waals surface area contributed by atoms with Crippen LogP contribution in [-0.4, -0.2) is 42.6 Å². The number of para-hydroxylation sites is 1. The predicted molar refractivity (Wildman–Crippen MR) is 74.3 cm³/mol. The SMILES string of the molecule is CC(=O)NNC(=O)COC(=O)c1ccccc1NCCO. The van der Waals surface area contributed by atoms with E-state index in [1.165, 1.54) is 13.0 Å². The maximum atomic E-state index is 11.9. The van der Waals surface area contributed by atoms with Crippen molar-refractivity contribution in [3.63, 3.8) is 0 Å². The molecular formula is C13H17N3O5. The molecule has 0 saturated carbocycles. The molecule has 8 heteroatoms. The number of ether oxygens (including phenoxy) is 1. The Labute approximate surface area is 121 Å². The monoisotopic (exact) mass is 295 g/mol. The maximum absolute atomic E-state index is 11.9. The Morgan fingerprint density at radius 1 is 1.19 bits per heavy atom. The van der Waals surface area contributed by atoms with Gasteiger partial charge in [-0.1, -0.05) is 12.1 Å². The molecule has 4 N–H and O–H groups in total. The molecule has 0 aliphatic carbocycles. The van der Waals surface area contributed by atoms with E-state index in [9.17, 15) is 14.4 Å². The maximum Gasteiger partial charge on any atom is 0.340 e. The summed E-state index contributed by atoms with van der Waals surface area (Å²) < 4.78 is 4.84. The third-order valence-electron chi connectivity index (χ3n) is 2.29. The van der Waals surface area contributed by atoms with E-state index in [0.717, 1.165) is 0 Å². The summed E-state index contributed by atoms with van der Waals surface area (Å²) in [7, 11) is 0. The van der Waals surface area contributed by atoms with Crippen molar-refractivity contribution in [3.05, 3.63) is 29.8 Å². The first kappa shape index (κ1) is 16.4. The highest BCUT2D eigenvalue weighted by Gasteiger charge is 2.14. The molecule has 0 spiro atoms. The summed E-state index contributed by atoms with van der Waals surface area (Å²) >= 11 is 0. The number of esters is 1.